The summed E-state index contributed by atoms with van der Waals surface area (Å²) in [7, 11) is 0. The fraction of sp³-hybridized carbons (Fsp3) is 0.273. The quantitative estimate of drug-likeness (QED) is 0.331. The lowest BCUT2D eigenvalue weighted by atomic mass is 10.2. The lowest BCUT2D eigenvalue weighted by Crippen LogP contribution is -2.39. The minimum absolute atomic E-state index is 0.165. The van der Waals surface area contributed by atoms with Gasteiger partial charge in [-0.3, -0.25) is 14.4 Å². The Labute approximate surface area is 175 Å². The van der Waals surface area contributed by atoms with Crippen LogP contribution in [0.4, 0.5) is 0 Å². The largest absolute Gasteiger partial charge is 0.483 e. The molecule has 2 aromatic rings. The molecule has 3 amide bonds. The van der Waals surface area contributed by atoms with Crippen LogP contribution in [0.15, 0.2) is 59.7 Å². The molecule has 0 aromatic heterocycles. The van der Waals surface area contributed by atoms with Crippen LogP contribution >= 0.6 is 0 Å². The Bertz CT molecular complexity index is 882. The molecule has 2 rings (SSSR count). The van der Waals surface area contributed by atoms with Crippen molar-refractivity contribution in [3.05, 3.63) is 65.7 Å². The molecule has 0 saturated heterocycles. The van der Waals surface area contributed by atoms with Crippen LogP contribution in [0.25, 0.3) is 0 Å². The van der Waals surface area contributed by atoms with E-state index in [1.807, 2.05) is 44.2 Å². The maximum Gasteiger partial charge on any atom is 0.329 e. The summed E-state index contributed by atoms with van der Waals surface area (Å²) < 4.78 is 5.56. The first-order chi connectivity index (χ1) is 14.5. The van der Waals surface area contributed by atoms with Crippen molar-refractivity contribution in [3.8, 4) is 5.75 Å². The molecule has 0 aliphatic heterocycles. The van der Waals surface area contributed by atoms with Crippen LogP contribution in [0, 0.1) is 5.92 Å². The Balaban J connectivity index is 1.83. The number of hydrogen-bond donors (Lipinski definition) is 3. The standard InChI is InChI=1S/C22H26N4O4/c1-16(2)12-24-21(28)22(29)26-25-14-18-10-6-7-11-19(18)30-15-20(27)23-13-17-8-4-3-5-9-17/h3-11,14,16H,12-13,15H2,1-2H3,(H,23,27)(H,24,28)(H,26,29)/b25-14+. The smallest absolute Gasteiger partial charge is 0.329 e. The summed E-state index contributed by atoms with van der Waals surface area (Å²) >= 11 is 0. The number of para-hydroxylation sites is 1. The summed E-state index contributed by atoms with van der Waals surface area (Å²) in [5.41, 5.74) is 3.71. The molecule has 0 aliphatic carbocycles. The number of hydrazone groups is 1. The zero-order chi connectivity index (χ0) is 21.8. The summed E-state index contributed by atoms with van der Waals surface area (Å²) in [5.74, 6) is -1.21. The molecular weight excluding hydrogens is 384 g/mol. The van der Waals surface area contributed by atoms with E-state index in [1.54, 1.807) is 24.3 Å². The van der Waals surface area contributed by atoms with Crippen molar-refractivity contribution in [1.29, 1.82) is 0 Å². The predicted molar refractivity (Wildman–Crippen MR) is 114 cm³/mol. The van der Waals surface area contributed by atoms with Gasteiger partial charge in [-0.05, 0) is 23.6 Å². The van der Waals surface area contributed by atoms with Crippen molar-refractivity contribution in [1.82, 2.24) is 16.1 Å². The molecule has 0 heterocycles. The highest BCUT2D eigenvalue weighted by Crippen LogP contribution is 2.15. The highest BCUT2D eigenvalue weighted by molar-refractivity contribution is 6.35. The molecule has 0 radical (unpaired) electrons. The summed E-state index contributed by atoms with van der Waals surface area (Å²) in [6.07, 6.45) is 1.35. The third kappa shape index (κ3) is 8.14. The van der Waals surface area contributed by atoms with Crippen molar-refractivity contribution in [2.75, 3.05) is 13.2 Å². The third-order valence-electron chi connectivity index (χ3n) is 3.86. The van der Waals surface area contributed by atoms with Gasteiger partial charge >= 0.3 is 11.8 Å². The Morgan fingerprint density at radius 3 is 2.40 bits per heavy atom. The van der Waals surface area contributed by atoms with Crippen LogP contribution in [0.3, 0.4) is 0 Å². The van der Waals surface area contributed by atoms with Gasteiger partial charge in [0.05, 0.1) is 6.21 Å². The zero-order valence-corrected chi connectivity index (χ0v) is 17.1. The van der Waals surface area contributed by atoms with Crippen molar-refractivity contribution in [2.24, 2.45) is 11.0 Å². The van der Waals surface area contributed by atoms with Crippen molar-refractivity contribution >= 4 is 23.9 Å². The first-order valence-electron chi connectivity index (χ1n) is 9.59. The molecular formula is C22H26N4O4. The molecule has 3 N–H and O–H groups in total. The molecule has 0 fully saturated rings. The van der Waals surface area contributed by atoms with Gasteiger partial charge in [0, 0.05) is 18.7 Å². The number of carbonyl (C=O) groups is 3. The van der Waals surface area contributed by atoms with E-state index in [1.165, 1.54) is 6.21 Å². The zero-order valence-electron chi connectivity index (χ0n) is 17.1. The first kappa shape index (κ1) is 22.6. The number of benzene rings is 2. The highest BCUT2D eigenvalue weighted by Gasteiger charge is 2.12. The van der Waals surface area contributed by atoms with E-state index in [4.69, 9.17) is 4.74 Å². The summed E-state index contributed by atoms with van der Waals surface area (Å²) in [6, 6.07) is 16.5. The maximum absolute atomic E-state index is 12.0. The first-order valence-corrected chi connectivity index (χ1v) is 9.59. The van der Waals surface area contributed by atoms with E-state index in [0.717, 1.165) is 5.56 Å². The Morgan fingerprint density at radius 1 is 0.967 bits per heavy atom. The monoisotopic (exact) mass is 410 g/mol. The number of amides is 3. The van der Waals surface area contributed by atoms with Crippen molar-refractivity contribution in [3.63, 3.8) is 0 Å². The molecule has 0 unspecified atom stereocenters. The molecule has 2 aromatic carbocycles. The minimum Gasteiger partial charge on any atom is -0.483 e. The molecule has 8 nitrogen and oxygen atoms in total. The minimum atomic E-state index is -0.856. The lowest BCUT2D eigenvalue weighted by Gasteiger charge is -2.09. The fourth-order valence-corrected chi connectivity index (χ4v) is 2.30. The third-order valence-corrected chi connectivity index (χ3v) is 3.86. The topological polar surface area (TPSA) is 109 Å². The van der Waals surface area contributed by atoms with Gasteiger partial charge in [0.25, 0.3) is 5.91 Å². The average molecular weight is 410 g/mol. The number of hydrogen-bond acceptors (Lipinski definition) is 5. The van der Waals surface area contributed by atoms with Crippen LogP contribution < -0.4 is 20.8 Å². The van der Waals surface area contributed by atoms with Gasteiger partial charge in [-0.1, -0.05) is 56.3 Å². The van der Waals surface area contributed by atoms with Crippen LogP contribution in [0.2, 0.25) is 0 Å². The van der Waals surface area contributed by atoms with Crippen LogP contribution in [0.5, 0.6) is 5.75 Å². The lowest BCUT2D eigenvalue weighted by molar-refractivity contribution is -0.139. The van der Waals surface area contributed by atoms with Gasteiger partial charge in [0.1, 0.15) is 5.75 Å². The van der Waals surface area contributed by atoms with Crippen LogP contribution in [-0.4, -0.2) is 37.1 Å². The molecule has 0 atom stereocenters. The number of ether oxygens (including phenoxy) is 1. The van der Waals surface area contributed by atoms with Crippen LogP contribution in [-0.2, 0) is 20.9 Å². The van der Waals surface area contributed by atoms with Gasteiger partial charge in [-0.2, -0.15) is 5.10 Å². The predicted octanol–water partition coefficient (Wildman–Crippen LogP) is 1.60. The Hall–Kier alpha value is -3.68. The molecule has 0 saturated carbocycles. The summed E-state index contributed by atoms with van der Waals surface area (Å²) in [6.45, 7) is 4.50. The normalized spacial score (nSPS) is 10.6. The SMILES string of the molecule is CC(C)CNC(=O)C(=O)N/N=C/c1ccccc1OCC(=O)NCc1ccccc1. The van der Waals surface area contributed by atoms with Gasteiger partial charge < -0.3 is 15.4 Å². The second-order valence-electron chi connectivity index (χ2n) is 6.89. The van der Waals surface area contributed by atoms with E-state index in [-0.39, 0.29) is 18.4 Å². The van der Waals surface area contributed by atoms with Crippen LogP contribution in [0.1, 0.15) is 25.0 Å². The van der Waals surface area contributed by atoms with E-state index in [2.05, 4.69) is 21.2 Å². The number of nitrogens with one attached hydrogen (secondary N) is 3. The molecule has 30 heavy (non-hydrogen) atoms. The Morgan fingerprint density at radius 2 is 1.67 bits per heavy atom. The molecule has 158 valence electrons. The summed E-state index contributed by atoms with van der Waals surface area (Å²) in [5, 5.41) is 9.07. The summed E-state index contributed by atoms with van der Waals surface area (Å²) in [4.78, 5) is 35.4. The number of rotatable bonds is 9. The van der Waals surface area contributed by atoms with E-state index >= 15 is 0 Å². The van der Waals surface area contributed by atoms with Gasteiger partial charge in [-0.25, -0.2) is 5.43 Å². The van der Waals surface area contributed by atoms with E-state index in [0.29, 0.717) is 24.4 Å². The van der Waals surface area contributed by atoms with Crippen molar-refractivity contribution < 1.29 is 19.1 Å². The second-order valence-corrected chi connectivity index (χ2v) is 6.89. The number of carbonyl (C=O) groups excluding carboxylic acids is 3. The Kier molecular flexibility index (Phi) is 9.05. The maximum atomic E-state index is 12.0. The molecule has 8 heteroatoms. The van der Waals surface area contributed by atoms with Gasteiger partial charge in [0.15, 0.2) is 6.61 Å². The van der Waals surface area contributed by atoms with E-state index < -0.39 is 11.8 Å². The fourth-order valence-electron chi connectivity index (χ4n) is 2.30. The highest BCUT2D eigenvalue weighted by atomic mass is 16.5. The average Bonchev–Trinajstić information content (AvgIpc) is 2.75. The van der Waals surface area contributed by atoms with E-state index in [9.17, 15) is 14.4 Å². The van der Waals surface area contributed by atoms with Crippen molar-refractivity contribution in [2.45, 2.75) is 20.4 Å². The molecule has 0 aliphatic rings. The van der Waals surface area contributed by atoms with Gasteiger partial charge in [0.2, 0.25) is 0 Å². The second kappa shape index (κ2) is 12.0. The molecule has 0 bridgehead atoms. The molecule has 0 spiro atoms. The number of nitrogens with zero attached hydrogens (tertiary/aromatic N) is 1. The van der Waals surface area contributed by atoms with Gasteiger partial charge in [-0.15, -0.1) is 0 Å².